The van der Waals surface area contributed by atoms with Gasteiger partial charge < -0.3 is 19.3 Å². The van der Waals surface area contributed by atoms with Gasteiger partial charge in [0.2, 0.25) is 11.7 Å². The van der Waals surface area contributed by atoms with Crippen LogP contribution in [0.3, 0.4) is 0 Å². The fourth-order valence-corrected chi connectivity index (χ4v) is 5.85. The highest BCUT2D eigenvalue weighted by Crippen LogP contribution is 2.48. The normalized spacial score (nSPS) is 31.8. The number of ketones is 1. The van der Waals surface area contributed by atoms with E-state index in [0.717, 1.165) is 37.8 Å². The van der Waals surface area contributed by atoms with Crippen molar-refractivity contribution in [2.75, 3.05) is 19.7 Å². The molecule has 1 amide bonds. The summed E-state index contributed by atoms with van der Waals surface area (Å²) in [6.45, 7) is 3.47. The molecular weight excluding hydrogens is 396 g/mol. The van der Waals surface area contributed by atoms with Crippen LogP contribution in [0, 0.1) is 5.92 Å². The lowest BCUT2D eigenvalue weighted by Gasteiger charge is -2.53. The average molecular weight is 424 g/mol. The highest BCUT2D eigenvalue weighted by molar-refractivity contribution is 6.21. The van der Waals surface area contributed by atoms with Gasteiger partial charge in [-0.1, -0.05) is 36.8 Å². The van der Waals surface area contributed by atoms with Crippen molar-refractivity contribution < 1.29 is 23.9 Å². The molecular formula is C24H28N2O5. The summed E-state index contributed by atoms with van der Waals surface area (Å²) in [7, 11) is 0. The molecule has 1 saturated carbocycles. The van der Waals surface area contributed by atoms with E-state index in [1.807, 2.05) is 40.1 Å². The number of rotatable bonds is 5. The van der Waals surface area contributed by atoms with E-state index in [9.17, 15) is 14.4 Å². The molecule has 164 valence electrons. The van der Waals surface area contributed by atoms with Crippen molar-refractivity contribution in [1.82, 2.24) is 9.80 Å². The lowest BCUT2D eigenvalue weighted by atomic mass is 9.77. The second kappa shape index (κ2) is 7.79. The minimum Gasteiger partial charge on any atom is -0.462 e. The van der Waals surface area contributed by atoms with Crippen LogP contribution in [0.15, 0.2) is 42.1 Å². The lowest BCUT2D eigenvalue weighted by Crippen LogP contribution is -2.70. The van der Waals surface area contributed by atoms with Gasteiger partial charge in [-0.25, -0.2) is 4.79 Å². The summed E-state index contributed by atoms with van der Waals surface area (Å²) in [5.41, 5.74) is 0.682. The topological polar surface area (TPSA) is 76.2 Å². The van der Waals surface area contributed by atoms with Crippen LogP contribution in [0.25, 0.3) is 0 Å². The first kappa shape index (κ1) is 20.2. The van der Waals surface area contributed by atoms with Gasteiger partial charge in [0.05, 0.1) is 18.8 Å². The highest BCUT2D eigenvalue weighted by Gasteiger charge is 2.59. The highest BCUT2D eigenvalue weighted by atomic mass is 16.5. The number of hydrogen-bond acceptors (Lipinski definition) is 6. The molecule has 1 aromatic carbocycles. The second-order valence-electron chi connectivity index (χ2n) is 9.10. The van der Waals surface area contributed by atoms with Crippen molar-refractivity contribution >= 4 is 17.7 Å². The molecule has 1 aliphatic carbocycles. The number of piperazine rings is 1. The molecule has 0 radical (unpaired) electrons. The number of benzene rings is 1. The van der Waals surface area contributed by atoms with Crippen LogP contribution in [0.1, 0.15) is 38.2 Å². The molecule has 3 aliphatic heterocycles. The van der Waals surface area contributed by atoms with Gasteiger partial charge in [-0.05, 0) is 37.7 Å². The van der Waals surface area contributed by atoms with Crippen LogP contribution in [0.4, 0.5) is 0 Å². The first-order chi connectivity index (χ1) is 15.0. The number of esters is 1. The number of ether oxygens (including phenoxy) is 2. The van der Waals surface area contributed by atoms with E-state index in [1.54, 1.807) is 13.1 Å². The third kappa shape index (κ3) is 3.35. The van der Waals surface area contributed by atoms with Crippen molar-refractivity contribution in [3.8, 4) is 0 Å². The summed E-state index contributed by atoms with van der Waals surface area (Å²) in [6, 6.07) is 8.80. The third-order valence-corrected chi connectivity index (χ3v) is 7.16. The molecule has 3 fully saturated rings. The van der Waals surface area contributed by atoms with Gasteiger partial charge in [0.25, 0.3) is 0 Å². The molecule has 2 bridgehead atoms. The molecule has 7 heteroatoms. The molecule has 0 aromatic heterocycles. The third-order valence-electron chi connectivity index (χ3n) is 7.16. The molecule has 1 aromatic rings. The molecule has 2 saturated heterocycles. The zero-order valence-electron chi connectivity index (χ0n) is 17.8. The van der Waals surface area contributed by atoms with Gasteiger partial charge >= 0.3 is 5.97 Å². The van der Waals surface area contributed by atoms with E-state index >= 15 is 0 Å². The molecule has 1 spiro atoms. The minimum absolute atomic E-state index is 0.0285. The maximum Gasteiger partial charge on any atom is 0.343 e. The summed E-state index contributed by atoms with van der Waals surface area (Å²) in [4.78, 5) is 43.4. The number of hydrogen-bond donors (Lipinski definition) is 0. The summed E-state index contributed by atoms with van der Waals surface area (Å²) in [6.07, 6.45) is 4.73. The molecule has 5 rings (SSSR count). The van der Waals surface area contributed by atoms with Crippen LogP contribution in [0.2, 0.25) is 0 Å². The number of fused-ring (bicyclic) bond motifs is 2. The van der Waals surface area contributed by atoms with Gasteiger partial charge in [0, 0.05) is 19.3 Å². The minimum atomic E-state index is -1.03. The molecule has 2 unspecified atom stereocenters. The van der Waals surface area contributed by atoms with E-state index in [4.69, 9.17) is 9.47 Å². The van der Waals surface area contributed by atoms with E-state index in [2.05, 4.69) is 0 Å². The fraction of sp³-hybridized carbons (Fsp3) is 0.542. The van der Waals surface area contributed by atoms with Crippen molar-refractivity contribution in [1.29, 1.82) is 0 Å². The van der Waals surface area contributed by atoms with E-state index < -0.39 is 23.9 Å². The zero-order valence-corrected chi connectivity index (χ0v) is 17.8. The monoisotopic (exact) mass is 424 g/mol. The van der Waals surface area contributed by atoms with Crippen molar-refractivity contribution in [2.45, 2.75) is 56.9 Å². The number of Topliss-reactive ketones (excluding diaryl/α,β-unsaturated/α-hetero) is 1. The predicted molar refractivity (Wildman–Crippen MR) is 112 cm³/mol. The Hall–Kier alpha value is -2.67. The molecule has 3 heterocycles. The largest absolute Gasteiger partial charge is 0.462 e. The fourth-order valence-electron chi connectivity index (χ4n) is 5.85. The Kier molecular flexibility index (Phi) is 5.08. The maximum atomic E-state index is 13.7. The van der Waals surface area contributed by atoms with Crippen LogP contribution >= 0.6 is 0 Å². The van der Waals surface area contributed by atoms with Crippen LogP contribution in [-0.2, 0) is 30.5 Å². The summed E-state index contributed by atoms with van der Waals surface area (Å²) in [5.74, 6) is -0.658. The van der Waals surface area contributed by atoms with Crippen molar-refractivity contribution in [3.63, 3.8) is 0 Å². The first-order valence-corrected chi connectivity index (χ1v) is 11.2. The standard InChI is InChI=1S/C24H28N2O5/c1-2-30-23(29)18-13-25-15-24-10-6-9-17(11-24)12-26(24)22(28)19(25)21(20(18)27)31-14-16-7-4-3-5-8-16/h3-5,7-8,13,17,19,21H,2,6,9-12,14-15H2,1H3/t17-,19?,21?,24+/m1/s1. The van der Waals surface area contributed by atoms with Gasteiger partial charge in [-0.2, -0.15) is 0 Å². The van der Waals surface area contributed by atoms with E-state index in [1.165, 1.54) is 0 Å². The molecule has 7 nitrogen and oxygen atoms in total. The van der Waals surface area contributed by atoms with Crippen molar-refractivity contribution in [2.24, 2.45) is 5.92 Å². The number of amides is 1. The van der Waals surface area contributed by atoms with Gasteiger partial charge in [-0.15, -0.1) is 0 Å². The quantitative estimate of drug-likeness (QED) is 0.532. The van der Waals surface area contributed by atoms with E-state index in [-0.39, 0.29) is 30.2 Å². The predicted octanol–water partition coefficient (Wildman–Crippen LogP) is 2.06. The van der Waals surface area contributed by atoms with Crippen molar-refractivity contribution in [3.05, 3.63) is 47.7 Å². The second-order valence-corrected chi connectivity index (χ2v) is 9.10. The smallest absolute Gasteiger partial charge is 0.343 e. The summed E-state index contributed by atoms with van der Waals surface area (Å²) < 4.78 is 11.2. The SMILES string of the molecule is CCOC(=O)C1=CN2C[C@@]34CCC[C@@H](CN3C(=O)C2C(OCc2ccccc2)C1=O)C4. The Bertz CT molecular complexity index is 929. The molecule has 4 atom stereocenters. The van der Waals surface area contributed by atoms with Gasteiger partial charge in [-0.3, -0.25) is 9.59 Å². The molecule has 0 N–H and O–H groups in total. The number of nitrogens with zero attached hydrogens (tertiary/aromatic N) is 2. The van der Waals surface area contributed by atoms with Crippen LogP contribution in [0.5, 0.6) is 0 Å². The van der Waals surface area contributed by atoms with Crippen LogP contribution < -0.4 is 0 Å². The summed E-state index contributed by atoms with van der Waals surface area (Å²) >= 11 is 0. The Morgan fingerprint density at radius 2 is 2.03 bits per heavy atom. The first-order valence-electron chi connectivity index (χ1n) is 11.2. The molecule has 4 aliphatic rings. The summed E-state index contributed by atoms with van der Waals surface area (Å²) in [5, 5.41) is 0. The average Bonchev–Trinajstić information content (AvgIpc) is 3.03. The Balaban J connectivity index is 1.48. The number of carbonyl (C=O) groups excluding carboxylic acids is 3. The van der Waals surface area contributed by atoms with Gasteiger partial charge in [0.15, 0.2) is 6.10 Å². The Morgan fingerprint density at radius 1 is 1.23 bits per heavy atom. The van der Waals surface area contributed by atoms with Crippen LogP contribution in [-0.4, -0.2) is 64.8 Å². The lowest BCUT2D eigenvalue weighted by molar-refractivity contribution is -0.164. The number of carbonyl (C=O) groups is 3. The van der Waals surface area contributed by atoms with Gasteiger partial charge in [0.1, 0.15) is 11.6 Å². The Labute approximate surface area is 182 Å². The maximum absolute atomic E-state index is 13.7. The Morgan fingerprint density at radius 3 is 2.81 bits per heavy atom. The molecule has 31 heavy (non-hydrogen) atoms. The van der Waals surface area contributed by atoms with E-state index in [0.29, 0.717) is 12.5 Å². The zero-order chi connectivity index (χ0) is 21.6.